The number of hydrogen-bond acceptors (Lipinski definition) is 5. The van der Waals surface area contributed by atoms with Gasteiger partial charge in [-0.15, -0.1) is 5.10 Å². The number of aromatic nitrogens is 3. The Labute approximate surface area is 148 Å². The highest BCUT2D eigenvalue weighted by Gasteiger charge is 2.08. The van der Waals surface area contributed by atoms with Gasteiger partial charge in [-0.2, -0.15) is 0 Å². The van der Waals surface area contributed by atoms with Crippen molar-refractivity contribution in [2.24, 2.45) is 4.99 Å². The van der Waals surface area contributed by atoms with Gasteiger partial charge in [-0.25, -0.2) is 9.98 Å². The highest BCUT2D eigenvalue weighted by molar-refractivity contribution is 5.79. The van der Waals surface area contributed by atoms with E-state index in [9.17, 15) is 0 Å². The largest absolute Gasteiger partial charge is 0.461 e. The van der Waals surface area contributed by atoms with Gasteiger partial charge in [-0.1, -0.05) is 13.3 Å². The Morgan fingerprint density at radius 3 is 2.92 bits per heavy atom. The fourth-order valence-corrected chi connectivity index (χ4v) is 2.11. The molecule has 0 unspecified atom stereocenters. The van der Waals surface area contributed by atoms with Crippen molar-refractivity contribution >= 4 is 5.96 Å². The van der Waals surface area contributed by atoms with Gasteiger partial charge in [0.1, 0.15) is 12.4 Å². The Bertz CT molecular complexity index is 608. The SMILES string of the molecule is CCCCOCCCNC(=NCc1nc(-c2ccco2)n[nH]1)NCC. The van der Waals surface area contributed by atoms with Crippen LogP contribution < -0.4 is 10.6 Å². The fourth-order valence-electron chi connectivity index (χ4n) is 2.11. The number of aromatic amines is 1. The molecule has 8 heteroatoms. The maximum Gasteiger partial charge on any atom is 0.216 e. The second kappa shape index (κ2) is 11.2. The first-order valence-electron chi connectivity index (χ1n) is 8.88. The van der Waals surface area contributed by atoms with E-state index in [4.69, 9.17) is 9.15 Å². The van der Waals surface area contributed by atoms with Gasteiger partial charge in [0.05, 0.1) is 6.26 Å². The van der Waals surface area contributed by atoms with Gasteiger partial charge >= 0.3 is 0 Å². The molecule has 2 aromatic heterocycles. The number of H-pyrrole nitrogens is 1. The minimum absolute atomic E-state index is 0.413. The molecular weight excluding hydrogens is 320 g/mol. The average molecular weight is 348 g/mol. The van der Waals surface area contributed by atoms with Crippen LogP contribution in [0.5, 0.6) is 0 Å². The first-order chi connectivity index (χ1) is 12.3. The topological polar surface area (TPSA) is 100 Å². The number of ether oxygens (including phenoxy) is 1. The summed E-state index contributed by atoms with van der Waals surface area (Å²) in [4.78, 5) is 8.89. The molecule has 0 radical (unpaired) electrons. The summed E-state index contributed by atoms with van der Waals surface area (Å²) in [6, 6.07) is 3.63. The molecule has 8 nitrogen and oxygen atoms in total. The zero-order valence-corrected chi connectivity index (χ0v) is 15.0. The summed E-state index contributed by atoms with van der Waals surface area (Å²) >= 11 is 0. The molecular formula is C17H28N6O2. The molecule has 0 amide bonds. The van der Waals surface area contributed by atoms with E-state index in [1.807, 2.05) is 19.1 Å². The van der Waals surface area contributed by atoms with Gasteiger partial charge in [-0.05, 0) is 31.9 Å². The molecule has 0 aliphatic carbocycles. The minimum Gasteiger partial charge on any atom is -0.461 e. The number of guanidine groups is 1. The maximum atomic E-state index is 5.55. The molecule has 0 fully saturated rings. The summed E-state index contributed by atoms with van der Waals surface area (Å²) in [5.74, 6) is 2.62. The molecule has 0 spiro atoms. The standard InChI is InChI=1S/C17H28N6O2/c1-3-5-10-24-11-7-9-19-17(18-4-2)20-13-15-21-16(23-22-15)14-8-6-12-25-14/h6,8,12H,3-5,7,9-11,13H2,1-2H3,(H2,18,19,20)(H,21,22,23). The van der Waals surface area contributed by atoms with Crippen LogP contribution in [0.15, 0.2) is 27.8 Å². The smallest absolute Gasteiger partial charge is 0.216 e. The van der Waals surface area contributed by atoms with Crippen LogP contribution in [0.2, 0.25) is 0 Å². The summed E-state index contributed by atoms with van der Waals surface area (Å²) in [6.45, 7) is 7.83. The molecule has 3 N–H and O–H groups in total. The molecule has 2 aromatic rings. The second-order valence-corrected chi connectivity index (χ2v) is 5.52. The average Bonchev–Trinajstić information content (AvgIpc) is 3.30. The number of furan rings is 1. The van der Waals surface area contributed by atoms with Crippen molar-refractivity contribution in [2.75, 3.05) is 26.3 Å². The lowest BCUT2D eigenvalue weighted by Gasteiger charge is -2.11. The number of unbranched alkanes of at least 4 members (excludes halogenated alkanes) is 1. The van der Waals surface area contributed by atoms with E-state index in [0.29, 0.717) is 24.0 Å². The number of nitrogens with zero attached hydrogens (tertiary/aromatic N) is 3. The molecule has 138 valence electrons. The number of aliphatic imine (C=N–C) groups is 1. The van der Waals surface area contributed by atoms with E-state index in [0.717, 1.165) is 45.1 Å². The van der Waals surface area contributed by atoms with E-state index < -0.39 is 0 Å². The molecule has 0 atom stereocenters. The van der Waals surface area contributed by atoms with E-state index in [-0.39, 0.29) is 0 Å². The van der Waals surface area contributed by atoms with Crippen molar-refractivity contribution in [3.63, 3.8) is 0 Å². The van der Waals surface area contributed by atoms with Crippen LogP contribution in [0, 0.1) is 0 Å². The summed E-state index contributed by atoms with van der Waals surface area (Å²) in [6.07, 6.45) is 4.83. The monoisotopic (exact) mass is 348 g/mol. The molecule has 0 aromatic carbocycles. The van der Waals surface area contributed by atoms with Crippen molar-refractivity contribution in [3.8, 4) is 11.6 Å². The van der Waals surface area contributed by atoms with Crippen LogP contribution in [-0.4, -0.2) is 47.4 Å². The molecule has 0 aliphatic rings. The summed E-state index contributed by atoms with van der Waals surface area (Å²) in [5.41, 5.74) is 0. The van der Waals surface area contributed by atoms with Crippen LogP contribution in [0.25, 0.3) is 11.6 Å². The Kier molecular flexibility index (Phi) is 8.54. The fraction of sp³-hybridized carbons (Fsp3) is 0.588. The Morgan fingerprint density at radius 2 is 2.16 bits per heavy atom. The van der Waals surface area contributed by atoms with Crippen LogP contribution in [0.1, 0.15) is 38.9 Å². The van der Waals surface area contributed by atoms with Crippen molar-refractivity contribution in [1.82, 2.24) is 25.8 Å². The molecule has 25 heavy (non-hydrogen) atoms. The third kappa shape index (κ3) is 6.96. The highest BCUT2D eigenvalue weighted by atomic mass is 16.5. The van der Waals surface area contributed by atoms with Gasteiger partial charge in [-0.3, -0.25) is 5.10 Å². The lowest BCUT2D eigenvalue weighted by atomic mass is 10.4. The quantitative estimate of drug-likeness (QED) is 0.327. The van der Waals surface area contributed by atoms with Crippen molar-refractivity contribution < 1.29 is 9.15 Å². The normalized spacial score (nSPS) is 11.7. The van der Waals surface area contributed by atoms with Crippen LogP contribution >= 0.6 is 0 Å². The second-order valence-electron chi connectivity index (χ2n) is 5.52. The summed E-state index contributed by atoms with van der Waals surface area (Å²) < 4.78 is 10.8. The molecule has 2 heterocycles. The Morgan fingerprint density at radius 1 is 1.28 bits per heavy atom. The first-order valence-corrected chi connectivity index (χ1v) is 8.88. The maximum absolute atomic E-state index is 5.55. The predicted octanol–water partition coefficient (Wildman–Crippen LogP) is 2.33. The number of rotatable bonds is 11. The van der Waals surface area contributed by atoms with E-state index in [1.165, 1.54) is 6.42 Å². The molecule has 0 saturated heterocycles. The van der Waals surface area contributed by atoms with Crippen molar-refractivity contribution in [3.05, 3.63) is 24.2 Å². The molecule has 0 saturated carbocycles. The highest BCUT2D eigenvalue weighted by Crippen LogP contribution is 2.14. The van der Waals surface area contributed by atoms with Gasteiger partial charge < -0.3 is 19.8 Å². The Balaban J connectivity index is 1.75. The molecule has 2 rings (SSSR count). The van der Waals surface area contributed by atoms with E-state index >= 15 is 0 Å². The molecule has 0 bridgehead atoms. The molecule has 0 aliphatic heterocycles. The Hall–Kier alpha value is -2.35. The number of nitrogens with one attached hydrogen (secondary N) is 3. The van der Waals surface area contributed by atoms with Gasteiger partial charge in [0.15, 0.2) is 11.7 Å². The van der Waals surface area contributed by atoms with Crippen LogP contribution in [0.3, 0.4) is 0 Å². The zero-order valence-electron chi connectivity index (χ0n) is 15.0. The predicted molar refractivity (Wildman–Crippen MR) is 97.2 cm³/mol. The van der Waals surface area contributed by atoms with E-state index in [1.54, 1.807) is 6.26 Å². The van der Waals surface area contributed by atoms with Gasteiger partial charge in [0.2, 0.25) is 5.82 Å². The van der Waals surface area contributed by atoms with Crippen molar-refractivity contribution in [2.45, 2.75) is 39.7 Å². The van der Waals surface area contributed by atoms with Crippen LogP contribution in [-0.2, 0) is 11.3 Å². The lowest BCUT2D eigenvalue weighted by Crippen LogP contribution is -2.38. The van der Waals surface area contributed by atoms with Gasteiger partial charge in [0, 0.05) is 26.3 Å². The lowest BCUT2D eigenvalue weighted by molar-refractivity contribution is 0.129. The van der Waals surface area contributed by atoms with Crippen LogP contribution in [0.4, 0.5) is 0 Å². The number of hydrogen-bond donors (Lipinski definition) is 3. The van der Waals surface area contributed by atoms with Crippen molar-refractivity contribution in [1.29, 1.82) is 0 Å². The summed E-state index contributed by atoms with van der Waals surface area (Å²) in [7, 11) is 0. The van der Waals surface area contributed by atoms with E-state index in [2.05, 4.69) is 37.7 Å². The first kappa shape index (κ1) is 19.0. The third-order valence-corrected chi connectivity index (χ3v) is 3.40. The summed E-state index contributed by atoms with van der Waals surface area (Å²) in [5, 5.41) is 13.5. The zero-order chi connectivity index (χ0) is 17.7. The minimum atomic E-state index is 0.413. The van der Waals surface area contributed by atoms with Gasteiger partial charge in [0.25, 0.3) is 0 Å². The third-order valence-electron chi connectivity index (χ3n) is 3.40.